The Hall–Kier alpha value is -2.39. The van der Waals surface area contributed by atoms with Gasteiger partial charge in [0.05, 0.1) is 11.9 Å². The first kappa shape index (κ1) is 26.2. The number of nitrogens with one attached hydrogen (secondary N) is 1. The lowest BCUT2D eigenvalue weighted by Crippen LogP contribution is -2.53. The van der Waals surface area contributed by atoms with Gasteiger partial charge in [-0.2, -0.15) is 0 Å². The normalized spacial score (nSPS) is 15.0. The summed E-state index contributed by atoms with van der Waals surface area (Å²) in [6.07, 6.45) is 5.70. The molecule has 2 amide bonds. The second kappa shape index (κ2) is 11.8. The van der Waals surface area contributed by atoms with Crippen LogP contribution in [0.4, 0.5) is 5.69 Å². The van der Waals surface area contributed by atoms with Crippen LogP contribution in [-0.2, 0) is 26.0 Å². The highest BCUT2D eigenvalue weighted by molar-refractivity contribution is 9.10. The molecule has 184 valence electrons. The first-order valence-corrected chi connectivity index (χ1v) is 14.2. The third-order valence-electron chi connectivity index (χ3n) is 6.15. The molecular weight excluding hydrogens is 518 g/mol. The predicted octanol–water partition coefficient (Wildman–Crippen LogP) is 3.73. The molecule has 1 atom stereocenters. The molecule has 1 N–H and O–H groups in total. The van der Waals surface area contributed by atoms with E-state index < -0.39 is 28.5 Å². The number of benzene rings is 2. The summed E-state index contributed by atoms with van der Waals surface area (Å²) in [6, 6.07) is 16.0. The van der Waals surface area contributed by atoms with Crippen LogP contribution in [0, 0.1) is 0 Å². The first-order valence-electron chi connectivity index (χ1n) is 11.5. The lowest BCUT2D eigenvalue weighted by molar-refractivity contribution is -0.139. The van der Waals surface area contributed by atoms with E-state index in [1.54, 1.807) is 31.2 Å². The molecule has 0 aliphatic heterocycles. The van der Waals surface area contributed by atoms with E-state index in [4.69, 9.17) is 0 Å². The second-order valence-electron chi connectivity index (χ2n) is 8.71. The molecule has 2 aromatic rings. The van der Waals surface area contributed by atoms with Gasteiger partial charge in [-0.25, -0.2) is 8.42 Å². The number of rotatable bonds is 10. The van der Waals surface area contributed by atoms with Crippen molar-refractivity contribution in [3.8, 4) is 0 Å². The first-order chi connectivity index (χ1) is 16.2. The Bertz CT molecular complexity index is 1090. The van der Waals surface area contributed by atoms with Gasteiger partial charge in [-0.05, 0) is 59.8 Å². The minimum Gasteiger partial charge on any atom is -0.352 e. The third kappa shape index (κ3) is 7.06. The number of hydrogen-bond donors (Lipinski definition) is 1. The van der Waals surface area contributed by atoms with Crippen LogP contribution in [-0.4, -0.2) is 56.6 Å². The molecule has 34 heavy (non-hydrogen) atoms. The number of sulfonamides is 1. The van der Waals surface area contributed by atoms with E-state index in [1.807, 2.05) is 30.3 Å². The summed E-state index contributed by atoms with van der Waals surface area (Å²) in [5, 5.41) is 3.06. The highest BCUT2D eigenvalue weighted by Crippen LogP contribution is 2.28. The molecular formula is C25H32BrN3O4S. The molecule has 0 bridgehead atoms. The summed E-state index contributed by atoms with van der Waals surface area (Å²) in [6.45, 7) is 1.61. The fraction of sp³-hybridized carbons (Fsp3) is 0.440. The maximum Gasteiger partial charge on any atom is 0.244 e. The molecule has 1 saturated carbocycles. The number of carbonyl (C=O) groups excluding carboxylic acids is 2. The molecule has 0 heterocycles. The van der Waals surface area contributed by atoms with E-state index in [9.17, 15) is 18.0 Å². The van der Waals surface area contributed by atoms with Crippen LogP contribution < -0.4 is 9.62 Å². The Balaban J connectivity index is 1.82. The standard InChI is InChI=1S/C25H32BrN3O4S/c1-19(25(31)27-21-12-6-7-13-21)28(17-16-20-10-4-3-5-11-20)24(30)18-29(34(2,32)33)23-15-9-8-14-22(23)26/h3-5,8-11,14-15,19,21H,6-7,12-13,16-18H2,1-2H3,(H,27,31)/t19-/m1/s1. The number of amides is 2. The van der Waals surface area contributed by atoms with Crippen molar-refractivity contribution in [2.24, 2.45) is 0 Å². The second-order valence-corrected chi connectivity index (χ2v) is 11.5. The van der Waals surface area contributed by atoms with Crippen molar-refractivity contribution in [1.29, 1.82) is 0 Å². The number of halogens is 1. The maximum atomic E-state index is 13.5. The monoisotopic (exact) mass is 549 g/mol. The molecule has 1 fully saturated rings. The summed E-state index contributed by atoms with van der Waals surface area (Å²) >= 11 is 3.38. The van der Waals surface area contributed by atoms with E-state index in [0.717, 1.165) is 41.8 Å². The van der Waals surface area contributed by atoms with Crippen molar-refractivity contribution in [3.63, 3.8) is 0 Å². The fourth-order valence-corrected chi connectivity index (χ4v) is 5.69. The zero-order valence-electron chi connectivity index (χ0n) is 19.6. The molecule has 0 spiro atoms. The molecule has 1 aliphatic carbocycles. The van der Waals surface area contributed by atoms with Crippen LogP contribution >= 0.6 is 15.9 Å². The van der Waals surface area contributed by atoms with E-state index in [-0.39, 0.29) is 11.9 Å². The highest BCUT2D eigenvalue weighted by atomic mass is 79.9. The van der Waals surface area contributed by atoms with Gasteiger partial charge in [0.25, 0.3) is 0 Å². The van der Waals surface area contributed by atoms with E-state index in [2.05, 4.69) is 21.2 Å². The minimum absolute atomic E-state index is 0.133. The SMILES string of the molecule is C[C@H](C(=O)NC1CCCC1)N(CCc1ccccc1)C(=O)CN(c1ccccc1Br)S(C)(=O)=O. The average molecular weight is 551 g/mol. The molecule has 1 aliphatic rings. The van der Waals surface area contributed by atoms with Gasteiger partial charge in [0.15, 0.2) is 0 Å². The largest absolute Gasteiger partial charge is 0.352 e. The van der Waals surface area contributed by atoms with Crippen LogP contribution in [0.5, 0.6) is 0 Å². The van der Waals surface area contributed by atoms with Gasteiger partial charge in [0, 0.05) is 17.1 Å². The van der Waals surface area contributed by atoms with Gasteiger partial charge >= 0.3 is 0 Å². The molecule has 0 unspecified atom stereocenters. The van der Waals surface area contributed by atoms with Crippen LogP contribution in [0.2, 0.25) is 0 Å². The quantitative estimate of drug-likeness (QED) is 0.489. The zero-order chi connectivity index (χ0) is 24.7. The molecule has 0 aromatic heterocycles. The summed E-state index contributed by atoms with van der Waals surface area (Å²) in [4.78, 5) is 28.0. The van der Waals surface area contributed by atoms with Gasteiger partial charge in [-0.1, -0.05) is 55.3 Å². The molecule has 0 radical (unpaired) electrons. The van der Waals surface area contributed by atoms with Crippen molar-refractivity contribution < 1.29 is 18.0 Å². The number of hydrogen-bond acceptors (Lipinski definition) is 4. The van der Waals surface area contributed by atoms with Crippen molar-refractivity contribution in [3.05, 3.63) is 64.6 Å². The highest BCUT2D eigenvalue weighted by Gasteiger charge is 2.31. The molecule has 3 rings (SSSR count). The van der Waals surface area contributed by atoms with Crippen LogP contribution in [0.1, 0.15) is 38.2 Å². The number of nitrogens with zero attached hydrogens (tertiary/aromatic N) is 2. The summed E-state index contributed by atoms with van der Waals surface area (Å²) in [7, 11) is -3.75. The number of anilines is 1. The van der Waals surface area contributed by atoms with Crippen LogP contribution in [0.25, 0.3) is 0 Å². The predicted molar refractivity (Wildman–Crippen MR) is 138 cm³/mol. The lowest BCUT2D eigenvalue weighted by Gasteiger charge is -2.32. The average Bonchev–Trinajstić information content (AvgIpc) is 3.31. The summed E-state index contributed by atoms with van der Waals surface area (Å²) in [5.41, 5.74) is 1.42. The maximum absolute atomic E-state index is 13.5. The van der Waals surface area contributed by atoms with Crippen molar-refractivity contribution >= 4 is 43.5 Å². The zero-order valence-corrected chi connectivity index (χ0v) is 22.0. The Labute approximate surface area is 210 Å². The molecule has 2 aromatic carbocycles. The molecule has 7 nitrogen and oxygen atoms in total. The Kier molecular flexibility index (Phi) is 9.13. The van der Waals surface area contributed by atoms with Gasteiger partial charge in [0.2, 0.25) is 21.8 Å². The Morgan fingerprint density at radius 3 is 2.29 bits per heavy atom. The van der Waals surface area contributed by atoms with Gasteiger partial charge in [-0.15, -0.1) is 0 Å². The topological polar surface area (TPSA) is 86.8 Å². The Morgan fingerprint density at radius 2 is 1.68 bits per heavy atom. The van der Waals surface area contributed by atoms with Crippen LogP contribution in [0.3, 0.4) is 0 Å². The lowest BCUT2D eigenvalue weighted by atomic mass is 10.1. The molecule has 0 saturated heterocycles. The smallest absolute Gasteiger partial charge is 0.244 e. The van der Waals surface area contributed by atoms with Gasteiger partial charge in [0.1, 0.15) is 12.6 Å². The fourth-order valence-electron chi connectivity index (χ4n) is 4.21. The third-order valence-corrected chi connectivity index (χ3v) is 7.95. The Morgan fingerprint density at radius 1 is 1.06 bits per heavy atom. The van der Waals surface area contributed by atoms with E-state index >= 15 is 0 Å². The number of carbonyl (C=O) groups is 2. The number of para-hydroxylation sites is 1. The van der Waals surface area contributed by atoms with Crippen molar-refractivity contribution in [2.45, 2.75) is 51.1 Å². The van der Waals surface area contributed by atoms with E-state index in [1.165, 1.54) is 4.90 Å². The summed E-state index contributed by atoms with van der Waals surface area (Å²) in [5.74, 6) is -0.633. The molecule has 9 heteroatoms. The van der Waals surface area contributed by atoms with Crippen molar-refractivity contribution in [1.82, 2.24) is 10.2 Å². The van der Waals surface area contributed by atoms with Crippen molar-refractivity contribution in [2.75, 3.05) is 23.7 Å². The summed E-state index contributed by atoms with van der Waals surface area (Å²) < 4.78 is 26.9. The van der Waals surface area contributed by atoms with Crippen LogP contribution in [0.15, 0.2) is 59.1 Å². The van der Waals surface area contributed by atoms with Gasteiger partial charge < -0.3 is 10.2 Å². The minimum atomic E-state index is -3.75. The van der Waals surface area contributed by atoms with Gasteiger partial charge in [-0.3, -0.25) is 13.9 Å². The van der Waals surface area contributed by atoms with E-state index in [0.29, 0.717) is 23.1 Å².